The van der Waals surface area contributed by atoms with Crippen LogP contribution in [0.25, 0.3) is 11.0 Å². The summed E-state index contributed by atoms with van der Waals surface area (Å²) < 4.78 is 11.3. The fourth-order valence-electron chi connectivity index (χ4n) is 6.30. The van der Waals surface area contributed by atoms with Crippen LogP contribution in [0.3, 0.4) is 0 Å². The smallest absolute Gasteiger partial charge is 0.336 e. The van der Waals surface area contributed by atoms with Gasteiger partial charge in [-0.15, -0.1) is 0 Å². The van der Waals surface area contributed by atoms with Crippen LogP contribution in [-0.2, 0) is 16.1 Å². The van der Waals surface area contributed by atoms with Gasteiger partial charge >= 0.3 is 11.6 Å². The topological polar surface area (TPSA) is 56.5 Å². The molecule has 1 aromatic heterocycles. The number of aryl methyl sites for hydroxylation is 2. The third kappa shape index (κ3) is 2.72. The highest BCUT2D eigenvalue weighted by Crippen LogP contribution is 2.60. The highest BCUT2D eigenvalue weighted by molar-refractivity contribution is 5.84. The lowest BCUT2D eigenvalue weighted by Crippen LogP contribution is -2.50. The van der Waals surface area contributed by atoms with Gasteiger partial charge < -0.3 is 9.15 Å². The molecule has 1 aromatic carbocycles. The highest BCUT2D eigenvalue weighted by atomic mass is 16.5. The van der Waals surface area contributed by atoms with Gasteiger partial charge in [0.25, 0.3) is 0 Å². The van der Waals surface area contributed by atoms with Gasteiger partial charge in [-0.2, -0.15) is 0 Å². The summed E-state index contributed by atoms with van der Waals surface area (Å²) in [6.07, 6.45) is 6.88. The largest absolute Gasteiger partial charge is 0.460 e. The van der Waals surface area contributed by atoms with E-state index in [1.165, 1.54) is 25.3 Å². The van der Waals surface area contributed by atoms with Crippen molar-refractivity contribution in [1.82, 2.24) is 0 Å². The zero-order valence-electron chi connectivity index (χ0n) is 16.0. The summed E-state index contributed by atoms with van der Waals surface area (Å²) in [5.41, 5.74) is 2.71. The Morgan fingerprint density at radius 2 is 1.74 bits per heavy atom. The fraction of sp³-hybridized carbons (Fsp3) is 0.565. The van der Waals surface area contributed by atoms with E-state index in [1.807, 2.05) is 26.0 Å². The number of esters is 1. The van der Waals surface area contributed by atoms with Crippen molar-refractivity contribution in [2.24, 2.45) is 23.2 Å². The maximum Gasteiger partial charge on any atom is 0.336 e. The van der Waals surface area contributed by atoms with Crippen LogP contribution < -0.4 is 5.63 Å². The molecule has 27 heavy (non-hydrogen) atoms. The Labute approximate surface area is 158 Å². The van der Waals surface area contributed by atoms with E-state index in [0.29, 0.717) is 23.3 Å². The van der Waals surface area contributed by atoms with Crippen LogP contribution >= 0.6 is 0 Å². The molecule has 0 radical (unpaired) electrons. The molecule has 0 atom stereocenters. The van der Waals surface area contributed by atoms with E-state index in [-0.39, 0.29) is 18.0 Å². The summed E-state index contributed by atoms with van der Waals surface area (Å²) in [6.45, 7) is 4.09. The average molecular weight is 366 g/mol. The van der Waals surface area contributed by atoms with Crippen LogP contribution in [0.5, 0.6) is 0 Å². The normalized spacial score (nSPS) is 31.4. The molecule has 1 heterocycles. The highest BCUT2D eigenvalue weighted by Gasteiger charge is 2.55. The molecule has 0 spiro atoms. The molecule has 0 amide bonds. The lowest BCUT2D eigenvalue weighted by atomic mass is 9.49. The van der Waals surface area contributed by atoms with Crippen LogP contribution in [0.15, 0.2) is 27.4 Å². The molecular weight excluding hydrogens is 340 g/mol. The van der Waals surface area contributed by atoms with Crippen molar-refractivity contribution in [3.8, 4) is 0 Å². The van der Waals surface area contributed by atoms with Gasteiger partial charge in [0.2, 0.25) is 0 Å². The van der Waals surface area contributed by atoms with Gasteiger partial charge in [-0.05, 0) is 81.3 Å². The molecule has 6 rings (SSSR count). The van der Waals surface area contributed by atoms with E-state index in [4.69, 9.17) is 9.15 Å². The number of carbonyl (C=O) groups is 1. The average Bonchev–Trinajstić information content (AvgIpc) is 2.61. The van der Waals surface area contributed by atoms with E-state index in [0.717, 1.165) is 41.3 Å². The monoisotopic (exact) mass is 366 g/mol. The first-order chi connectivity index (χ1) is 12.9. The van der Waals surface area contributed by atoms with E-state index in [1.54, 1.807) is 0 Å². The first kappa shape index (κ1) is 17.0. The number of rotatable bonds is 3. The molecule has 4 saturated carbocycles. The number of carbonyl (C=O) groups excluding carboxylic acids is 1. The summed E-state index contributed by atoms with van der Waals surface area (Å²) in [7, 11) is 0. The van der Waals surface area contributed by atoms with E-state index in [2.05, 4.69) is 0 Å². The van der Waals surface area contributed by atoms with Crippen LogP contribution in [0, 0.1) is 37.0 Å². The number of fused-ring (bicyclic) bond motifs is 1. The zero-order chi connectivity index (χ0) is 18.8. The molecule has 4 bridgehead atoms. The number of benzene rings is 1. The molecule has 0 unspecified atom stereocenters. The van der Waals surface area contributed by atoms with Gasteiger partial charge in [0.05, 0.1) is 5.41 Å². The van der Waals surface area contributed by atoms with Gasteiger partial charge in [0.15, 0.2) is 0 Å². The minimum Gasteiger partial charge on any atom is -0.460 e. The first-order valence-corrected chi connectivity index (χ1v) is 10.1. The molecule has 0 N–H and O–H groups in total. The van der Waals surface area contributed by atoms with Gasteiger partial charge in [-0.1, -0.05) is 12.1 Å². The summed E-state index contributed by atoms with van der Waals surface area (Å²) in [4.78, 5) is 25.1. The van der Waals surface area contributed by atoms with Crippen LogP contribution in [0.2, 0.25) is 0 Å². The quantitative estimate of drug-likeness (QED) is 0.585. The Morgan fingerprint density at radius 1 is 1.11 bits per heavy atom. The van der Waals surface area contributed by atoms with E-state index in [9.17, 15) is 9.59 Å². The zero-order valence-corrected chi connectivity index (χ0v) is 16.0. The van der Waals surface area contributed by atoms with Gasteiger partial charge in [-0.3, -0.25) is 4.79 Å². The van der Waals surface area contributed by atoms with Crippen molar-refractivity contribution in [2.45, 2.75) is 59.0 Å². The summed E-state index contributed by atoms with van der Waals surface area (Å²) in [5, 5.41) is 0.857. The van der Waals surface area contributed by atoms with Crippen molar-refractivity contribution in [2.75, 3.05) is 0 Å². The van der Waals surface area contributed by atoms with Crippen LogP contribution in [0.1, 0.15) is 55.2 Å². The summed E-state index contributed by atoms with van der Waals surface area (Å²) in [6, 6.07) is 5.43. The maximum atomic E-state index is 13.1. The van der Waals surface area contributed by atoms with Crippen molar-refractivity contribution in [3.05, 3.63) is 45.3 Å². The van der Waals surface area contributed by atoms with Crippen molar-refractivity contribution >= 4 is 16.9 Å². The Morgan fingerprint density at radius 3 is 2.37 bits per heavy atom. The van der Waals surface area contributed by atoms with E-state index < -0.39 is 5.63 Å². The second-order valence-electron chi connectivity index (χ2n) is 9.25. The standard InChI is InChI=1S/C23H26O4/c1-13-3-4-19-18(8-20(24)27-21(19)14(13)2)12-26-22(25)23-9-15-5-16(10-23)7-17(6-15)11-23/h3-4,8,15-17H,5-7,9-12H2,1-2H3. The first-order valence-electron chi connectivity index (χ1n) is 10.1. The number of hydrogen-bond donors (Lipinski definition) is 0. The lowest BCUT2D eigenvalue weighted by molar-refractivity contribution is -0.172. The minimum atomic E-state index is -0.392. The molecule has 0 saturated heterocycles. The predicted molar refractivity (Wildman–Crippen MR) is 102 cm³/mol. The Bertz CT molecular complexity index is 948. The Hall–Kier alpha value is -2.10. The molecule has 4 heteroatoms. The minimum absolute atomic E-state index is 0.0492. The van der Waals surface area contributed by atoms with Gasteiger partial charge in [-0.25, -0.2) is 4.79 Å². The molecule has 4 aliphatic carbocycles. The molecule has 4 nitrogen and oxygen atoms in total. The van der Waals surface area contributed by atoms with Crippen molar-refractivity contribution in [1.29, 1.82) is 0 Å². The van der Waals surface area contributed by atoms with Gasteiger partial charge in [0.1, 0.15) is 12.2 Å². The second-order valence-corrected chi connectivity index (χ2v) is 9.25. The van der Waals surface area contributed by atoms with Crippen molar-refractivity contribution < 1.29 is 13.9 Å². The Kier molecular flexibility index (Phi) is 3.75. The van der Waals surface area contributed by atoms with E-state index >= 15 is 0 Å². The van der Waals surface area contributed by atoms with Gasteiger partial charge in [0, 0.05) is 17.0 Å². The SMILES string of the molecule is Cc1ccc2c(COC(=O)C34CC5CC(CC(C5)C3)C4)cc(=O)oc2c1C. The third-order valence-corrected chi connectivity index (χ3v) is 7.35. The molecule has 2 aromatic rings. The predicted octanol–water partition coefficient (Wildman–Crippen LogP) is 4.67. The maximum absolute atomic E-state index is 13.1. The Balaban J connectivity index is 1.41. The molecular formula is C23H26O4. The van der Waals surface area contributed by atoms with Crippen molar-refractivity contribution in [3.63, 3.8) is 0 Å². The molecule has 142 valence electrons. The molecule has 4 aliphatic rings. The second kappa shape index (κ2) is 5.95. The molecule has 4 fully saturated rings. The van der Waals surface area contributed by atoms with Crippen LogP contribution in [0.4, 0.5) is 0 Å². The fourth-order valence-corrected chi connectivity index (χ4v) is 6.30. The molecule has 0 aliphatic heterocycles. The van der Waals surface area contributed by atoms with Crippen LogP contribution in [-0.4, -0.2) is 5.97 Å². The number of ether oxygens (including phenoxy) is 1. The lowest BCUT2D eigenvalue weighted by Gasteiger charge is -2.55. The summed E-state index contributed by atoms with van der Waals surface area (Å²) >= 11 is 0. The third-order valence-electron chi connectivity index (χ3n) is 7.35. The summed E-state index contributed by atoms with van der Waals surface area (Å²) in [5.74, 6) is 2.07. The number of hydrogen-bond acceptors (Lipinski definition) is 4.